The molecule has 2 atom stereocenters. The summed E-state index contributed by atoms with van der Waals surface area (Å²) in [6, 6.07) is 13.5. The summed E-state index contributed by atoms with van der Waals surface area (Å²) in [7, 11) is 0. The Balaban J connectivity index is 1.78. The van der Waals surface area contributed by atoms with E-state index in [1.807, 2.05) is 36.4 Å². The predicted molar refractivity (Wildman–Crippen MR) is 103 cm³/mol. The maximum atomic E-state index is 12.6. The Kier molecular flexibility index (Phi) is 4.38. The van der Waals surface area contributed by atoms with Gasteiger partial charge in [0.05, 0.1) is 5.39 Å². The first-order valence-electron chi connectivity index (χ1n) is 8.74. The third-order valence-corrected chi connectivity index (χ3v) is 6.09. The average molecular weight is 352 g/mol. The van der Waals surface area contributed by atoms with Crippen LogP contribution in [-0.2, 0) is 4.79 Å². The maximum Gasteiger partial charge on any atom is 0.192 e. The van der Waals surface area contributed by atoms with Crippen LogP contribution < -0.4 is 5.43 Å². The van der Waals surface area contributed by atoms with Gasteiger partial charge in [-0.05, 0) is 30.7 Å². The van der Waals surface area contributed by atoms with E-state index >= 15 is 0 Å². The maximum absolute atomic E-state index is 12.6. The lowest BCUT2D eigenvalue weighted by molar-refractivity contribution is -0.109. The molecule has 2 aromatic carbocycles. The summed E-state index contributed by atoms with van der Waals surface area (Å²) in [5, 5.41) is 3.17. The molecule has 1 aliphatic carbocycles. The molecule has 128 valence electrons. The van der Waals surface area contributed by atoms with Crippen LogP contribution in [0.5, 0.6) is 0 Å². The predicted octanol–water partition coefficient (Wildman–Crippen LogP) is 5.25. The van der Waals surface area contributed by atoms with Crippen LogP contribution in [0.4, 0.5) is 0 Å². The first-order valence-corrected chi connectivity index (χ1v) is 9.62. The monoisotopic (exact) mass is 352 g/mol. The minimum absolute atomic E-state index is 0.0170. The van der Waals surface area contributed by atoms with Gasteiger partial charge in [0.25, 0.3) is 0 Å². The molecule has 4 rings (SSSR count). The molecule has 1 saturated carbocycles. The van der Waals surface area contributed by atoms with E-state index in [9.17, 15) is 9.59 Å². The Morgan fingerprint density at radius 3 is 2.80 bits per heavy atom. The lowest BCUT2D eigenvalue weighted by Crippen LogP contribution is -2.18. The topological polar surface area (TPSA) is 47.3 Å². The molecule has 1 aliphatic rings. The molecule has 2 unspecified atom stereocenters. The highest BCUT2D eigenvalue weighted by atomic mass is 32.2. The van der Waals surface area contributed by atoms with Crippen LogP contribution in [0.1, 0.15) is 44.3 Å². The van der Waals surface area contributed by atoms with E-state index in [1.165, 1.54) is 11.8 Å². The zero-order valence-electron chi connectivity index (χ0n) is 14.2. The first-order chi connectivity index (χ1) is 12.1. The van der Waals surface area contributed by atoms with Crippen molar-refractivity contribution >= 4 is 38.6 Å². The molecule has 3 nitrogen and oxygen atoms in total. The fourth-order valence-corrected chi connectivity index (χ4v) is 4.93. The van der Waals surface area contributed by atoms with E-state index in [-0.39, 0.29) is 16.5 Å². The number of fused-ring (bicyclic) bond motifs is 3. The van der Waals surface area contributed by atoms with Gasteiger partial charge in [0.15, 0.2) is 10.5 Å². The molecule has 0 amide bonds. The fourth-order valence-electron chi connectivity index (χ4n) is 3.85. The van der Waals surface area contributed by atoms with Gasteiger partial charge < -0.3 is 4.42 Å². The average Bonchev–Trinajstić information content (AvgIpc) is 2.61. The lowest BCUT2D eigenvalue weighted by Gasteiger charge is -2.27. The number of thioether (sulfide) groups is 1. The lowest BCUT2D eigenvalue weighted by atomic mass is 9.87. The van der Waals surface area contributed by atoms with Crippen LogP contribution in [0, 0.1) is 0 Å². The zero-order valence-corrected chi connectivity index (χ0v) is 15.0. The van der Waals surface area contributed by atoms with E-state index in [2.05, 4.69) is 0 Å². The highest BCUT2D eigenvalue weighted by molar-refractivity contribution is 8.14. The molecule has 0 N–H and O–H groups in total. The van der Waals surface area contributed by atoms with Gasteiger partial charge in [-0.15, -0.1) is 0 Å². The van der Waals surface area contributed by atoms with E-state index in [1.54, 1.807) is 13.0 Å². The Bertz CT molecular complexity index is 1000. The van der Waals surface area contributed by atoms with E-state index < -0.39 is 0 Å². The minimum Gasteiger partial charge on any atom is -0.460 e. The molecule has 4 heteroatoms. The molecule has 0 spiro atoms. The molecule has 0 saturated heterocycles. The molecular weight excluding hydrogens is 332 g/mol. The molecule has 0 bridgehead atoms. The van der Waals surface area contributed by atoms with Crippen molar-refractivity contribution in [3.63, 3.8) is 0 Å². The number of benzene rings is 2. The minimum atomic E-state index is 0.0170. The van der Waals surface area contributed by atoms with Crippen molar-refractivity contribution in [2.75, 3.05) is 0 Å². The number of carbonyl (C=O) groups excluding carboxylic acids is 1. The van der Waals surface area contributed by atoms with Gasteiger partial charge in [-0.3, -0.25) is 9.59 Å². The summed E-state index contributed by atoms with van der Waals surface area (Å²) < 4.78 is 6.25. The van der Waals surface area contributed by atoms with E-state index in [4.69, 9.17) is 4.42 Å². The van der Waals surface area contributed by atoms with E-state index in [0.717, 1.165) is 42.2 Å². The van der Waals surface area contributed by atoms with E-state index in [0.29, 0.717) is 16.2 Å². The van der Waals surface area contributed by atoms with Gasteiger partial charge in [0.2, 0.25) is 0 Å². The van der Waals surface area contributed by atoms with Crippen LogP contribution in [-0.4, -0.2) is 10.4 Å². The SMILES string of the molecule is CC(=O)SC1CCCC(c2cc(=O)c3ccc4ccccc4c3o2)C1. The quantitative estimate of drug-likeness (QED) is 0.591. The van der Waals surface area contributed by atoms with Crippen molar-refractivity contribution in [1.29, 1.82) is 0 Å². The van der Waals surface area contributed by atoms with Crippen molar-refractivity contribution < 1.29 is 9.21 Å². The van der Waals surface area contributed by atoms with Crippen LogP contribution in [0.3, 0.4) is 0 Å². The Labute approximate surface area is 150 Å². The molecule has 1 heterocycles. The molecule has 1 fully saturated rings. The standard InChI is InChI=1S/C21H20O3S/c1-13(22)25-16-7-4-6-15(11-16)20-12-19(23)18-10-9-14-5-2-3-8-17(14)21(18)24-20/h2-3,5,8-10,12,15-16H,4,6-7,11H2,1H3. The normalized spacial score (nSPS) is 20.8. The zero-order chi connectivity index (χ0) is 17.4. The summed E-state index contributed by atoms with van der Waals surface area (Å²) in [6.45, 7) is 1.62. The molecule has 0 aliphatic heterocycles. The Morgan fingerprint density at radius 2 is 1.96 bits per heavy atom. The Hall–Kier alpha value is -2.07. The van der Waals surface area contributed by atoms with Crippen LogP contribution in [0.2, 0.25) is 0 Å². The number of hydrogen-bond acceptors (Lipinski definition) is 4. The number of hydrogen-bond donors (Lipinski definition) is 0. The second-order valence-electron chi connectivity index (χ2n) is 6.77. The number of carbonyl (C=O) groups is 1. The second-order valence-corrected chi connectivity index (χ2v) is 8.25. The molecule has 3 aromatic rings. The van der Waals surface area contributed by atoms with Crippen molar-refractivity contribution in [1.82, 2.24) is 0 Å². The summed E-state index contributed by atoms with van der Waals surface area (Å²) >= 11 is 1.43. The van der Waals surface area contributed by atoms with Crippen LogP contribution in [0.25, 0.3) is 21.7 Å². The van der Waals surface area contributed by atoms with Gasteiger partial charge in [-0.2, -0.15) is 0 Å². The third-order valence-electron chi connectivity index (χ3n) is 5.00. The number of rotatable bonds is 2. The molecular formula is C21H20O3S. The van der Waals surface area contributed by atoms with Crippen molar-refractivity contribution in [2.24, 2.45) is 0 Å². The Morgan fingerprint density at radius 1 is 1.12 bits per heavy atom. The van der Waals surface area contributed by atoms with Gasteiger partial charge in [-0.1, -0.05) is 48.5 Å². The summed E-state index contributed by atoms with van der Waals surface area (Å²) in [5.41, 5.74) is 0.699. The van der Waals surface area contributed by atoms with Crippen LogP contribution in [0.15, 0.2) is 51.7 Å². The second kappa shape index (κ2) is 6.68. The largest absolute Gasteiger partial charge is 0.460 e. The van der Waals surface area contributed by atoms with Crippen molar-refractivity contribution in [3.8, 4) is 0 Å². The molecule has 1 aromatic heterocycles. The smallest absolute Gasteiger partial charge is 0.192 e. The highest BCUT2D eigenvalue weighted by Crippen LogP contribution is 2.39. The first kappa shape index (κ1) is 16.4. The van der Waals surface area contributed by atoms with Gasteiger partial charge >= 0.3 is 0 Å². The van der Waals surface area contributed by atoms with Crippen molar-refractivity contribution in [3.05, 3.63) is 58.4 Å². The fraction of sp³-hybridized carbons (Fsp3) is 0.333. The van der Waals surface area contributed by atoms with Gasteiger partial charge in [-0.25, -0.2) is 0 Å². The third kappa shape index (κ3) is 3.23. The highest BCUT2D eigenvalue weighted by Gasteiger charge is 2.27. The molecule has 25 heavy (non-hydrogen) atoms. The van der Waals surface area contributed by atoms with Crippen LogP contribution >= 0.6 is 11.8 Å². The summed E-state index contributed by atoms with van der Waals surface area (Å²) in [5.74, 6) is 0.976. The summed E-state index contributed by atoms with van der Waals surface area (Å²) in [4.78, 5) is 24.0. The molecule has 0 radical (unpaired) electrons. The summed E-state index contributed by atoms with van der Waals surface area (Å²) in [6.07, 6.45) is 4.02. The van der Waals surface area contributed by atoms with Gasteiger partial charge in [0.1, 0.15) is 11.3 Å². The van der Waals surface area contributed by atoms with Gasteiger partial charge in [0, 0.05) is 29.5 Å². The van der Waals surface area contributed by atoms with Crippen molar-refractivity contribution in [2.45, 2.75) is 43.8 Å².